The summed E-state index contributed by atoms with van der Waals surface area (Å²) < 4.78 is 32.9. The second kappa shape index (κ2) is 9.24. The number of amides is 1. The molecule has 0 bridgehead atoms. The third-order valence-electron chi connectivity index (χ3n) is 5.41. The summed E-state index contributed by atoms with van der Waals surface area (Å²) in [4.78, 5) is 17.2. The first-order valence-electron chi connectivity index (χ1n) is 10.2. The minimum Gasteiger partial charge on any atom is -0.379 e. The number of nitrogens with zero attached hydrogens (tertiary/aromatic N) is 3. The summed E-state index contributed by atoms with van der Waals surface area (Å²) in [6.07, 6.45) is 4.23. The van der Waals surface area contributed by atoms with E-state index in [1.165, 1.54) is 10.7 Å². The van der Waals surface area contributed by atoms with Crippen LogP contribution in [0.15, 0.2) is 23.1 Å². The lowest BCUT2D eigenvalue weighted by atomic mass is 10.1. The summed E-state index contributed by atoms with van der Waals surface area (Å²) in [6.45, 7) is 5.94. The summed E-state index contributed by atoms with van der Waals surface area (Å²) in [5, 5.41) is 0. The van der Waals surface area contributed by atoms with Crippen molar-refractivity contribution in [3.63, 3.8) is 0 Å². The van der Waals surface area contributed by atoms with E-state index in [0.717, 1.165) is 38.0 Å². The van der Waals surface area contributed by atoms with Crippen molar-refractivity contribution in [3.05, 3.63) is 23.8 Å². The lowest BCUT2D eigenvalue weighted by molar-refractivity contribution is 0.0730. The fraction of sp³-hybridized carbons (Fsp3) is 0.650. The maximum atomic E-state index is 13.1. The monoisotopic (exact) mass is 409 g/mol. The molecular formula is C20H31N3O4S. The maximum absolute atomic E-state index is 13.1. The van der Waals surface area contributed by atoms with E-state index in [1.54, 1.807) is 24.1 Å². The quantitative estimate of drug-likeness (QED) is 0.720. The average Bonchev–Trinajstić information content (AvgIpc) is 2.74. The van der Waals surface area contributed by atoms with Crippen LogP contribution < -0.4 is 4.90 Å². The van der Waals surface area contributed by atoms with Crippen LogP contribution in [0.4, 0.5) is 5.69 Å². The van der Waals surface area contributed by atoms with Crippen LogP contribution in [0.3, 0.4) is 0 Å². The van der Waals surface area contributed by atoms with Gasteiger partial charge in [-0.05, 0) is 43.9 Å². The van der Waals surface area contributed by atoms with Gasteiger partial charge in [0.15, 0.2) is 0 Å². The van der Waals surface area contributed by atoms with Crippen LogP contribution >= 0.6 is 0 Å². The molecule has 2 aliphatic rings. The summed E-state index contributed by atoms with van der Waals surface area (Å²) in [6, 6.07) is 5.03. The highest BCUT2D eigenvalue weighted by Crippen LogP contribution is 2.29. The van der Waals surface area contributed by atoms with Gasteiger partial charge in [-0.1, -0.05) is 6.92 Å². The molecule has 28 heavy (non-hydrogen) atoms. The highest BCUT2D eigenvalue weighted by molar-refractivity contribution is 7.89. The molecule has 1 aromatic rings. The third kappa shape index (κ3) is 4.50. The van der Waals surface area contributed by atoms with Crippen LogP contribution in [-0.4, -0.2) is 76.5 Å². The molecule has 2 fully saturated rings. The molecule has 0 N–H and O–H groups in total. The van der Waals surface area contributed by atoms with Crippen molar-refractivity contribution in [2.45, 2.75) is 37.5 Å². The van der Waals surface area contributed by atoms with E-state index in [9.17, 15) is 13.2 Å². The van der Waals surface area contributed by atoms with Gasteiger partial charge in [-0.3, -0.25) is 4.79 Å². The Morgan fingerprint density at radius 1 is 1.11 bits per heavy atom. The van der Waals surface area contributed by atoms with Gasteiger partial charge in [0.1, 0.15) is 0 Å². The number of carbonyl (C=O) groups is 1. The van der Waals surface area contributed by atoms with E-state index in [-0.39, 0.29) is 10.8 Å². The van der Waals surface area contributed by atoms with Crippen LogP contribution in [0.1, 0.15) is 43.0 Å². The zero-order valence-corrected chi connectivity index (χ0v) is 17.7. The van der Waals surface area contributed by atoms with Crippen molar-refractivity contribution in [1.82, 2.24) is 9.21 Å². The number of rotatable bonds is 6. The highest BCUT2D eigenvalue weighted by Gasteiger charge is 2.29. The summed E-state index contributed by atoms with van der Waals surface area (Å²) >= 11 is 0. The van der Waals surface area contributed by atoms with Crippen molar-refractivity contribution in [3.8, 4) is 0 Å². The number of hydrogen-bond acceptors (Lipinski definition) is 5. The topological polar surface area (TPSA) is 70.2 Å². The molecule has 0 spiro atoms. The lowest BCUT2D eigenvalue weighted by Crippen LogP contribution is -2.40. The Hall–Kier alpha value is -1.64. The van der Waals surface area contributed by atoms with E-state index >= 15 is 0 Å². The Bertz CT molecular complexity index is 785. The maximum Gasteiger partial charge on any atom is 0.255 e. The minimum atomic E-state index is -3.64. The zero-order chi connectivity index (χ0) is 20.1. The molecule has 2 aliphatic heterocycles. The molecule has 0 unspecified atom stereocenters. The normalized spacial score (nSPS) is 18.9. The van der Waals surface area contributed by atoms with Gasteiger partial charge < -0.3 is 14.5 Å². The highest BCUT2D eigenvalue weighted by atomic mass is 32.2. The molecule has 0 aromatic heterocycles. The van der Waals surface area contributed by atoms with Gasteiger partial charge in [-0.2, -0.15) is 4.31 Å². The summed E-state index contributed by atoms with van der Waals surface area (Å²) in [5.41, 5.74) is 1.32. The average molecular weight is 410 g/mol. The molecule has 156 valence electrons. The van der Waals surface area contributed by atoms with Gasteiger partial charge in [-0.25, -0.2) is 8.42 Å². The molecule has 8 heteroatoms. The van der Waals surface area contributed by atoms with Gasteiger partial charge in [0.2, 0.25) is 10.0 Å². The molecule has 7 nitrogen and oxygen atoms in total. The Kier molecular flexibility index (Phi) is 6.95. The second-order valence-electron chi connectivity index (χ2n) is 7.47. The van der Waals surface area contributed by atoms with Crippen molar-refractivity contribution in [2.75, 3.05) is 57.9 Å². The van der Waals surface area contributed by atoms with Crippen molar-refractivity contribution < 1.29 is 17.9 Å². The van der Waals surface area contributed by atoms with Crippen molar-refractivity contribution in [2.24, 2.45) is 0 Å². The van der Waals surface area contributed by atoms with Gasteiger partial charge in [0.05, 0.1) is 23.7 Å². The van der Waals surface area contributed by atoms with Gasteiger partial charge in [0.25, 0.3) is 5.91 Å². The molecule has 1 aromatic carbocycles. The van der Waals surface area contributed by atoms with E-state index in [0.29, 0.717) is 38.4 Å². The first-order valence-corrected chi connectivity index (χ1v) is 11.6. The van der Waals surface area contributed by atoms with Crippen LogP contribution in [0.5, 0.6) is 0 Å². The van der Waals surface area contributed by atoms with Crippen LogP contribution in [0.25, 0.3) is 0 Å². The van der Waals surface area contributed by atoms with E-state index in [1.807, 2.05) is 13.0 Å². The number of anilines is 1. The fourth-order valence-corrected chi connectivity index (χ4v) is 5.27. The van der Waals surface area contributed by atoms with E-state index < -0.39 is 10.0 Å². The van der Waals surface area contributed by atoms with Crippen molar-refractivity contribution >= 4 is 21.6 Å². The first kappa shape index (κ1) is 21.1. The molecule has 0 saturated carbocycles. The number of ether oxygens (including phenoxy) is 1. The van der Waals surface area contributed by atoms with Gasteiger partial charge in [0, 0.05) is 45.5 Å². The molecule has 3 rings (SSSR count). The van der Waals surface area contributed by atoms with Crippen LogP contribution in [-0.2, 0) is 14.8 Å². The number of carbonyl (C=O) groups excluding carboxylic acids is 1. The predicted octanol–water partition coefficient (Wildman–Crippen LogP) is 2.18. The lowest BCUT2D eigenvalue weighted by Gasteiger charge is -2.32. The number of piperidine rings is 1. The van der Waals surface area contributed by atoms with Crippen molar-refractivity contribution in [1.29, 1.82) is 0 Å². The Morgan fingerprint density at radius 2 is 1.79 bits per heavy atom. The largest absolute Gasteiger partial charge is 0.379 e. The molecular weight excluding hydrogens is 378 g/mol. The van der Waals surface area contributed by atoms with Gasteiger partial charge >= 0.3 is 0 Å². The minimum absolute atomic E-state index is 0.124. The summed E-state index contributed by atoms with van der Waals surface area (Å²) in [5.74, 6) is -0.124. The standard InChI is InChI=1S/C20H31N3O4S/c1-3-9-21(2)20(24)18-16-17(28(25,26)23-12-14-27-15-13-23)7-8-19(18)22-10-5-4-6-11-22/h7-8,16H,3-6,9-15H2,1-2H3. The molecule has 0 aliphatic carbocycles. The summed E-state index contributed by atoms with van der Waals surface area (Å²) in [7, 11) is -1.87. The smallest absolute Gasteiger partial charge is 0.255 e. The number of hydrogen-bond donors (Lipinski definition) is 0. The number of benzene rings is 1. The molecule has 2 saturated heterocycles. The second-order valence-corrected chi connectivity index (χ2v) is 9.41. The predicted molar refractivity (Wildman–Crippen MR) is 109 cm³/mol. The fourth-order valence-electron chi connectivity index (χ4n) is 3.84. The van der Waals surface area contributed by atoms with E-state index in [4.69, 9.17) is 4.74 Å². The van der Waals surface area contributed by atoms with E-state index in [2.05, 4.69) is 4.90 Å². The van der Waals surface area contributed by atoms with Crippen LogP contribution in [0.2, 0.25) is 0 Å². The Labute approximate surface area is 168 Å². The zero-order valence-electron chi connectivity index (χ0n) is 16.9. The first-order chi connectivity index (χ1) is 13.4. The number of morpholine rings is 1. The number of sulfonamides is 1. The molecule has 0 atom stereocenters. The Morgan fingerprint density at radius 3 is 2.43 bits per heavy atom. The van der Waals surface area contributed by atoms with Crippen LogP contribution in [0, 0.1) is 0 Å². The molecule has 1 amide bonds. The SMILES string of the molecule is CCCN(C)C(=O)c1cc(S(=O)(=O)N2CCOCC2)ccc1N1CCCCC1. The third-order valence-corrected chi connectivity index (χ3v) is 7.30. The van der Waals surface area contributed by atoms with Gasteiger partial charge in [-0.15, -0.1) is 0 Å². The molecule has 0 radical (unpaired) electrons. The molecule has 2 heterocycles. The Balaban J connectivity index is 1.99.